The first-order valence-electron chi connectivity index (χ1n) is 7.68. The summed E-state index contributed by atoms with van der Waals surface area (Å²) in [4.78, 5) is 18.5. The van der Waals surface area contributed by atoms with E-state index < -0.39 is 0 Å². The summed E-state index contributed by atoms with van der Waals surface area (Å²) in [5.74, 6) is -0.182. The van der Waals surface area contributed by atoms with E-state index in [4.69, 9.17) is 16.3 Å². The number of benzene rings is 1. The van der Waals surface area contributed by atoms with Crippen molar-refractivity contribution in [2.75, 3.05) is 23.9 Å². The Balaban J connectivity index is 1.81. The highest BCUT2D eigenvalue weighted by atomic mass is 35.5. The summed E-state index contributed by atoms with van der Waals surface area (Å²) in [6.07, 6.45) is 2.09. The van der Waals surface area contributed by atoms with E-state index in [1.165, 1.54) is 16.9 Å². The van der Waals surface area contributed by atoms with Crippen molar-refractivity contribution in [1.29, 1.82) is 0 Å². The molecular weight excluding hydrogens is 332 g/mol. The zero-order valence-electron chi connectivity index (χ0n) is 13.0. The standard InChI is InChI=1S/C17H19ClN2O2S/c1-12-4-6-13(7-5-12)15-11-23-17(19-15)20(16(21)9-18)10-14-3-2-8-22-14/h4-7,11,14H,2-3,8-10H2,1H3/t14-/m1/s1. The smallest absolute Gasteiger partial charge is 0.243 e. The van der Waals surface area contributed by atoms with E-state index >= 15 is 0 Å². The molecule has 1 amide bonds. The number of aryl methyl sites for hydroxylation is 1. The van der Waals surface area contributed by atoms with Gasteiger partial charge in [-0.25, -0.2) is 4.98 Å². The Hall–Kier alpha value is -1.43. The summed E-state index contributed by atoms with van der Waals surface area (Å²) in [7, 11) is 0. The highest BCUT2D eigenvalue weighted by Gasteiger charge is 2.25. The second kappa shape index (κ2) is 7.43. The predicted molar refractivity (Wildman–Crippen MR) is 94.3 cm³/mol. The average molecular weight is 351 g/mol. The van der Waals surface area contributed by atoms with E-state index in [0.29, 0.717) is 11.7 Å². The van der Waals surface area contributed by atoms with Crippen molar-refractivity contribution in [2.24, 2.45) is 0 Å². The lowest BCUT2D eigenvalue weighted by Crippen LogP contribution is -2.38. The van der Waals surface area contributed by atoms with Crippen LogP contribution < -0.4 is 4.90 Å². The number of ether oxygens (including phenoxy) is 1. The van der Waals surface area contributed by atoms with E-state index in [0.717, 1.165) is 30.7 Å². The van der Waals surface area contributed by atoms with Crippen LogP contribution in [0.1, 0.15) is 18.4 Å². The van der Waals surface area contributed by atoms with Crippen LogP contribution in [0.25, 0.3) is 11.3 Å². The molecular formula is C17H19ClN2O2S. The molecule has 0 unspecified atom stereocenters. The number of carbonyl (C=O) groups excluding carboxylic acids is 1. The lowest BCUT2D eigenvalue weighted by molar-refractivity contribution is -0.116. The Labute approximate surface area is 145 Å². The molecule has 6 heteroatoms. The first kappa shape index (κ1) is 16.4. The minimum absolute atomic E-state index is 0.0494. The molecule has 3 rings (SSSR count). The van der Waals surface area contributed by atoms with Gasteiger partial charge >= 0.3 is 0 Å². The topological polar surface area (TPSA) is 42.4 Å². The van der Waals surface area contributed by atoms with Crippen molar-refractivity contribution in [2.45, 2.75) is 25.9 Å². The molecule has 1 atom stereocenters. The predicted octanol–water partition coefficient (Wildman–Crippen LogP) is 3.87. The Morgan fingerprint density at radius 3 is 2.87 bits per heavy atom. The number of hydrogen-bond donors (Lipinski definition) is 0. The van der Waals surface area contributed by atoms with Gasteiger partial charge in [0.2, 0.25) is 5.91 Å². The van der Waals surface area contributed by atoms with Crippen LogP contribution in [0, 0.1) is 6.92 Å². The van der Waals surface area contributed by atoms with E-state index in [1.807, 2.05) is 17.5 Å². The lowest BCUT2D eigenvalue weighted by Gasteiger charge is -2.22. The van der Waals surface area contributed by atoms with Crippen LogP contribution in [0.3, 0.4) is 0 Å². The number of hydrogen-bond acceptors (Lipinski definition) is 4. The number of nitrogens with zero attached hydrogens (tertiary/aromatic N) is 2. The Morgan fingerprint density at radius 1 is 1.43 bits per heavy atom. The Morgan fingerprint density at radius 2 is 2.22 bits per heavy atom. The van der Waals surface area contributed by atoms with E-state index in [-0.39, 0.29) is 17.9 Å². The van der Waals surface area contributed by atoms with Gasteiger partial charge in [-0.3, -0.25) is 9.69 Å². The molecule has 1 aromatic carbocycles. The minimum atomic E-state index is -0.132. The van der Waals surface area contributed by atoms with Crippen molar-refractivity contribution < 1.29 is 9.53 Å². The molecule has 1 aliphatic heterocycles. The molecule has 0 spiro atoms. The summed E-state index contributed by atoms with van der Waals surface area (Å²) in [5.41, 5.74) is 3.14. The quantitative estimate of drug-likeness (QED) is 0.769. The zero-order valence-corrected chi connectivity index (χ0v) is 14.6. The third-order valence-corrected chi connectivity index (χ3v) is 4.99. The first-order valence-corrected chi connectivity index (χ1v) is 9.09. The molecule has 1 saturated heterocycles. The molecule has 23 heavy (non-hydrogen) atoms. The van der Waals surface area contributed by atoms with Crippen molar-refractivity contribution in [3.05, 3.63) is 35.2 Å². The summed E-state index contributed by atoms with van der Waals surface area (Å²) in [6.45, 7) is 3.34. The maximum atomic E-state index is 12.2. The van der Waals surface area contributed by atoms with E-state index in [9.17, 15) is 4.79 Å². The lowest BCUT2D eigenvalue weighted by atomic mass is 10.1. The SMILES string of the molecule is Cc1ccc(-c2csc(N(C[C@H]3CCCO3)C(=O)CCl)n2)cc1. The highest BCUT2D eigenvalue weighted by molar-refractivity contribution is 7.14. The van der Waals surface area contributed by atoms with Crippen LogP contribution in [0.2, 0.25) is 0 Å². The normalized spacial score (nSPS) is 17.4. The molecule has 0 radical (unpaired) electrons. The molecule has 122 valence electrons. The number of anilines is 1. The number of alkyl halides is 1. The third-order valence-electron chi connectivity index (χ3n) is 3.90. The molecule has 0 aliphatic carbocycles. The first-order chi connectivity index (χ1) is 11.2. The van der Waals surface area contributed by atoms with Gasteiger partial charge in [0, 0.05) is 17.6 Å². The van der Waals surface area contributed by atoms with Gasteiger partial charge in [-0.2, -0.15) is 0 Å². The third kappa shape index (κ3) is 3.91. The van der Waals surface area contributed by atoms with Crippen LogP contribution in [0.5, 0.6) is 0 Å². The molecule has 0 bridgehead atoms. The maximum absolute atomic E-state index is 12.2. The molecule has 0 saturated carbocycles. The number of carbonyl (C=O) groups is 1. The van der Waals surface area contributed by atoms with Gasteiger partial charge in [-0.15, -0.1) is 22.9 Å². The van der Waals surface area contributed by atoms with Crippen molar-refractivity contribution in [3.63, 3.8) is 0 Å². The fourth-order valence-corrected chi connectivity index (χ4v) is 3.60. The molecule has 2 heterocycles. The summed E-state index contributed by atoms with van der Waals surface area (Å²) >= 11 is 7.23. The average Bonchev–Trinajstić information content (AvgIpc) is 3.24. The molecule has 2 aromatic rings. The van der Waals surface area contributed by atoms with Crippen LogP contribution in [-0.4, -0.2) is 36.0 Å². The van der Waals surface area contributed by atoms with Gasteiger partial charge in [-0.05, 0) is 19.8 Å². The zero-order chi connectivity index (χ0) is 16.2. The molecule has 0 N–H and O–H groups in total. The second-order valence-electron chi connectivity index (χ2n) is 5.65. The molecule has 1 aromatic heterocycles. The monoisotopic (exact) mass is 350 g/mol. The van der Waals surface area contributed by atoms with Gasteiger partial charge in [0.1, 0.15) is 5.88 Å². The van der Waals surface area contributed by atoms with Crippen molar-refractivity contribution >= 4 is 34.0 Å². The fraction of sp³-hybridized carbons (Fsp3) is 0.412. The number of thiazole rings is 1. The maximum Gasteiger partial charge on any atom is 0.243 e. The van der Waals surface area contributed by atoms with Gasteiger partial charge < -0.3 is 4.74 Å². The van der Waals surface area contributed by atoms with Gasteiger partial charge in [-0.1, -0.05) is 29.8 Å². The fourth-order valence-electron chi connectivity index (χ4n) is 2.60. The molecule has 1 aliphatic rings. The molecule has 1 fully saturated rings. The second-order valence-corrected chi connectivity index (χ2v) is 6.76. The van der Waals surface area contributed by atoms with E-state index in [2.05, 4.69) is 24.0 Å². The van der Waals surface area contributed by atoms with Crippen LogP contribution in [0.4, 0.5) is 5.13 Å². The molecule has 4 nitrogen and oxygen atoms in total. The number of amides is 1. The van der Waals surface area contributed by atoms with E-state index in [1.54, 1.807) is 4.90 Å². The van der Waals surface area contributed by atoms with Crippen LogP contribution in [0.15, 0.2) is 29.6 Å². The minimum Gasteiger partial charge on any atom is -0.376 e. The summed E-state index contributed by atoms with van der Waals surface area (Å²) in [5, 5.41) is 2.66. The summed E-state index contributed by atoms with van der Waals surface area (Å²) in [6, 6.07) is 8.20. The van der Waals surface area contributed by atoms with Crippen molar-refractivity contribution in [1.82, 2.24) is 4.98 Å². The van der Waals surface area contributed by atoms with Crippen LogP contribution >= 0.6 is 22.9 Å². The Kier molecular flexibility index (Phi) is 5.30. The highest BCUT2D eigenvalue weighted by Crippen LogP contribution is 2.29. The van der Waals surface area contributed by atoms with Crippen LogP contribution in [-0.2, 0) is 9.53 Å². The van der Waals surface area contributed by atoms with Crippen molar-refractivity contribution in [3.8, 4) is 11.3 Å². The number of rotatable bonds is 5. The number of halogens is 1. The summed E-state index contributed by atoms with van der Waals surface area (Å²) < 4.78 is 5.64. The van der Waals surface area contributed by atoms with Gasteiger partial charge in [0.05, 0.1) is 18.3 Å². The number of aromatic nitrogens is 1. The largest absolute Gasteiger partial charge is 0.376 e. The van der Waals surface area contributed by atoms with Gasteiger partial charge in [0.25, 0.3) is 0 Å². The Bertz CT molecular complexity index is 665. The van der Waals surface area contributed by atoms with Gasteiger partial charge in [0.15, 0.2) is 5.13 Å².